The third kappa shape index (κ3) is 3.32. The van der Waals surface area contributed by atoms with Crippen LogP contribution < -0.4 is 0 Å². The lowest BCUT2D eigenvalue weighted by atomic mass is 10.2. The summed E-state index contributed by atoms with van der Waals surface area (Å²) in [6.07, 6.45) is -8.24. The fraction of sp³-hybridized carbons (Fsp3) is 0.875. The van der Waals surface area contributed by atoms with Gasteiger partial charge >= 0.3 is 18.1 Å². The molecule has 2 nitrogen and oxygen atoms in total. The van der Waals surface area contributed by atoms with Crippen molar-refractivity contribution in [2.75, 3.05) is 0 Å². The predicted octanol–water partition coefficient (Wildman–Crippen LogP) is 2.77. The van der Waals surface area contributed by atoms with Crippen molar-refractivity contribution < 1.29 is 31.5 Å². The largest absolute Gasteiger partial charge is 0.457 e. The van der Waals surface area contributed by atoms with Crippen LogP contribution in [-0.2, 0) is 9.53 Å². The van der Waals surface area contributed by atoms with Gasteiger partial charge < -0.3 is 4.74 Å². The molecule has 7 heteroatoms. The van der Waals surface area contributed by atoms with Crippen LogP contribution in [0, 0.1) is 5.92 Å². The number of ether oxygens (including phenoxy) is 1. The summed E-state index contributed by atoms with van der Waals surface area (Å²) >= 11 is 0. The summed E-state index contributed by atoms with van der Waals surface area (Å²) in [6.45, 7) is 3.18. The molecular formula is C8H11F5O2. The van der Waals surface area contributed by atoms with Crippen molar-refractivity contribution in [2.45, 2.75) is 39.0 Å². The second kappa shape index (κ2) is 4.32. The summed E-state index contributed by atoms with van der Waals surface area (Å²) in [4.78, 5) is 10.8. The minimum atomic E-state index is -5.72. The van der Waals surface area contributed by atoms with Gasteiger partial charge in [-0.05, 0) is 6.92 Å². The van der Waals surface area contributed by atoms with Crippen LogP contribution in [0.25, 0.3) is 0 Å². The highest BCUT2D eigenvalue weighted by molar-refractivity contribution is 5.71. The van der Waals surface area contributed by atoms with Crippen molar-refractivity contribution in [3.8, 4) is 0 Å². The topological polar surface area (TPSA) is 26.3 Å². The second-order valence-electron chi connectivity index (χ2n) is 3.35. The van der Waals surface area contributed by atoms with Crippen molar-refractivity contribution >= 4 is 5.97 Å². The first-order chi connectivity index (χ1) is 6.50. The molecule has 90 valence electrons. The van der Waals surface area contributed by atoms with Crippen molar-refractivity contribution in [3.05, 3.63) is 0 Å². The molecule has 0 rings (SSSR count). The van der Waals surface area contributed by atoms with Gasteiger partial charge in [0.05, 0.1) is 5.92 Å². The number of hydrogen-bond donors (Lipinski definition) is 0. The lowest BCUT2D eigenvalue weighted by molar-refractivity contribution is -0.312. The number of rotatable bonds is 3. The van der Waals surface area contributed by atoms with E-state index < -0.39 is 30.1 Å². The fourth-order valence-corrected chi connectivity index (χ4v) is 0.615. The molecule has 0 saturated carbocycles. The number of hydrogen-bond acceptors (Lipinski definition) is 2. The zero-order valence-corrected chi connectivity index (χ0v) is 8.36. The Morgan fingerprint density at radius 3 is 1.73 bits per heavy atom. The molecule has 0 aromatic rings. The van der Waals surface area contributed by atoms with Crippen molar-refractivity contribution in [1.29, 1.82) is 0 Å². The van der Waals surface area contributed by atoms with Crippen LogP contribution in [0.4, 0.5) is 22.0 Å². The van der Waals surface area contributed by atoms with Gasteiger partial charge in [0.1, 0.15) is 0 Å². The Kier molecular flexibility index (Phi) is 4.07. The summed E-state index contributed by atoms with van der Waals surface area (Å²) in [6, 6.07) is 0. The Morgan fingerprint density at radius 2 is 1.47 bits per heavy atom. The maximum absolute atomic E-state index is 12.5. The summed E-state index contributed by atoms with van der Waals surface area (Å²) in [7, 11) is 0. The third-order valence-electron chi connectivity index (χ3n) is 1.65. The van der Waals surface area contributed by atoms with Crippen LogP contribution >= 0.6 is 0 Å². The van der Waals surface area contributed by atoms with Crippen LogP contribution in [0.5, 0.6) is 0 Å². The van der Waals surface area contributed by atoms with Gasteiger partial charge in [-0.1, -0.05) is 13.8 Å². The van der Waals surface area contributed by atoms with E-state index in [4.69, 9.17) is 0 Å². The maximum Gasteiger partial charge on any atom is 0.457 e. The number of carbonyl (C=O) groups is 1. The van der Waals surface area contributed by atoms with Crippen LogP contribution in [0.1, 0.15) is 20.8 Å². The molecule has 1 atom stereocenters. The SMILES string of the molecule is CC(C)C(=O)O[C@@H](C)C(F)(F)C(F)(F)F. The first-order valence-corrected chi connectivity index (χ1v) is 4.15. The van der Waals surface area contributed by atoms with Crippen molar-refractivity contribution in [2.24, 2.45) is 5.92 Å². The summed E-state index contributed by atoms with van der Waals surface area (Å²) < 4.78 is 64.5. The zero-order chi connectivity index (χ0) is 12.4. The van der Waals surface area contributed by atoms with E-state index in [1.165, 1.54) is 13.8 Å². The van der Waals surface area contributed by atoms with Gasteiger partial charge in [0.15, 0.2) is 6.10 Å². The van der Waals surface area contributed by atoms with E-state index in [2.05, 4.69) is 4.74 Å². The Morgan fingerprint density at radius 1 is 1.07 bits per heavy atom. The highest BCUT2D eigenvalue weighted by Crippen LogP contribution is 2.39. The van der Waals surface area contributed by atoms with Gasteiger partial charge in [0.25, 0.3) is 0 Å². The molecule has 0 radical (unpaired) electrons. The van der Waals surface area contributed by atoms with Crippen LogP contribution in [0.15, 0.2) is 0 Å². The molecule has 0 aromatic carbocycles. The van der Waals surface area contributed by atoms with Gasteiger partial charge in [-0.2, -0.15) is 22.0 Å². The third-order valence-corrected chi connectivity index (χ3v) is 1.65. The molecule has 0 unspecified atom stereocenters. The average molecular weight is 234 g/mol. The molecule has 0 heterocycles. The van der Waals surface area contributed by atoms with Gasteiger partial charge in [-0.25, -0.2) is 0 Å². The molecule has 0 aliphatic carbocycles. The first-order valence-electron chi connectivity index (χ1n) is 4.15. The van der Waals surface area contributed by atoms with E-state index in [0.29, 0.717) is 6.92 Å². The Balaban J connectivity index is 4.59. The number of halogens is 5. The molecule has 0 amide bonds. The zero-order valence-electron chi connectivity index (χ0n) is 8.36. The van der Waals surface area contributed by atoms with E-state index in [1.807, 2.05) is 0 Å². The van der Waals surface area contributed by atoms with Crippen LogP contribution in [0.3, 0.4) is 0 Å². The van der Waals surface area contributed by atoms with E-state index >= 15 is 0 Å². The highest BCUT2D eigenvalue weighted by atomic mass is 19.4. The van der Waals surface area contributed by atoms with E-state index in [0.717, 1.165) is 0 Å². The molecule has 0 bridgehead atoms. The predicted molar refractivity (Wildman–Crippen MR) is 41.4 cm³/mol. The van der Waals surface area contributed by atoms with Crippen LogP contribution in [0.2, 0.25) is 0 Å². The number of alkyl halides is 5. The molecule has 0 aliphatic rings. The average Bonchev–Trinajstić information content (AvgIpc) is 2.01. The monoisotopic (exact) mass is 234 g/mol. The number of carbonyl (C=O) groups excluding carboxylic acids is 1. The van der Waals surface area contributed by atoms with Gasteiger partial charge in [-0.15, -0.1) is 0 Å². The van der Waals surface area contributed by atoms with E-state index in [-0.39, 0.29) is 0 Å². The molecule has 0 fully saturated rings. The quantitative estimate of drug-likeness (QED) is 0.554. The summed E-state index contributed by atoms with van der Waals surface area (Å²) in [5.74, 6) is -6.87. The number of esters is 1. The minimum Gasteiger partial charge on any atom is -0.456 e. The minimum absolute atomic E-state index is 0.508. The summed E-state index contributed by atoms with van der Waals surface area (Å²) in [5.41, 5.74) is 0. The smallest absolute Gasteiger partial charge is 0.456 e. The standard InChI is InChI=1S/C8H11F5O2/c1-4(2)6(14)15-5(3)7(9,10)8(11,12)13/h4-5H,1-3H3/t5-/m0/s1. The van der Waals surface area contributed by atoms with Crippen molar-refractivity contribution in [3.63, 3.8) is 0 Å². The lowest BCUT2D eigenvalue weighted by Gasteiger charge is -2.26. The Bertz CT molecular complexity index is 234. The lowest BCUT2D eigenvalue weighted by Crippen LogP contribution is -2.47. The summed E-state index contributed by atoms with van der Waals surface area (Å²) in [5, 5.41) is 0. The normalized spacial score (nSPS) is 15.3. The van der Waals surface area contributed by atoms with Gasteiger partial charge in [-0.3, -0.25) is 4.79 Å². The van der Waals surface area contributed by atoms with Gasteiger partial charge in [0.2, 0.25) is 0 Å². The molecule has 15 heavy (non-hydrogen) atoms. The van der Waals surface area contributed by atoms with Crippen LogP contribution in [-0.4, -0.2) is 24.2 Å². The molecule has 0 spiro atoms. The molecule has 0 aliphatic heterocycles. The second-order valence-corrected chi connectivity index (χ2v) is 3.35. The first kappa shape index (κ1) is 14.1. The molecule has 0 N–H and O–H groups in total. The van der Waals surface area contributed by atoms with Gasteiger partial charge in [0, 0.05) is 0 Å². The van der Waals surface area contributed by atoms with E-state index in [9.17, 15) is 26.7 Å². The van der Waals surface area contributed by atoms with E-state index in [1.54, 1.807) is 0 Å². The Labute approximate surface area is 83.4 Å². The van der Waals surface area contributed by atoms with Crippen molar-refractivity contribution in [1.82, 2.24) is 0 Å². The molecule has 0 aromatic heterocycles. The maximum atomic E-state index is 12.5. The molecular weight excluding hydrogens is 223 g/mol. The highest BCUT2D eigenvalue weighted by Gasteiger charge is 2.62. The Hall–Kier alpha value is -0.880. The molecule has 0 saturated heterocycles. The fourth-order valence-electron chi connectivity index (χ4n) is 0.615.